The molecule has 0 aliphatic carbocycles. The highest BCUT2D eigenvalue weighted by atomic mass is 15.1. The second-order valence-corrected chi connectivity index (χ2v) is 17.6. The molecule has 0 saturated carbocycles. The Balaban J connectivity index is 1.08. The van der Waals surface area contributed by atoms with Crippen LogP contribution in [0.25, 0.3) is 99.4 Å². The van der Waals surface area contributed by atoms with E-state index in [1.54, 1.807) is 0 Å². The van der Waals surface area contributed by atoms with E-state index in [9.17, 15) is 0 Å². The second kappa shape index (κ2) is 18.3. The van der Waals surface area contributed by atoms with Gasteiger partial charge in [0.05, 0.1) is 11.4 Å². The topological polar surface area (TPSA) is 3.24 Å². The Morgan fingerprint density at radius 1 is 0.203 bits per heavy atom. The summed E-state index contributed by atoms with van der Waals surface area (Å²) in [5.74, 6) is 0. The Morgan fingerprint density at radius 2 is 0.580 bits per heavy atom. The van der Waals surface area contributed by atoms with Gasteiger partial charge in [0.1, 0.15) is 0 Å². The minimum atomic E-state index is 1.06. The quantitative estimate of drug-likeness (QED) is 0.124. The van der Waals surface area contributed by atoms with Gasteiger partial charge in [0, 0.05) is 22.4 Å². The zero-order valence-corrected chi connectivity index (χ0v) is 38.1. The summed E-state index contributed by atoms with van der Waals surface area (Å²) in [4.78, 5) is 2.50. The molecular weight excluding hydrogens is 831 g/mol. The molecular formula is C68H47N. The summed E-state index contributed by atoms with van der Waals surface area (Å²) in [5.41, 5.74) is 19.8. The van der Waals surface area contributed by atoms with Crippen molar-refractivity contribution in [2.45, 2.75) is 0 Å². The van der Waals surface area contributed by atoms with Crippen LogP contribution in [-0.2, 0) is 0 Å². The van der Waals surface area contributed by atoms with E-state index in [2.05, 4.69) is 290 Å². The predicted octanol–water partition coefficient (Wildman–Crippen LogP) is 19.1. The highest BCUT2D eigenvalue weighted by Crippen LogP contribution is 2.51. The van der Waals surface area contributed by atoms with Crippen molar-refractivity contribution in [1.82, 2.24) is 0 Å². The lowest BCUT2D eigenvalue weighted by Gasteiger charge is -2.32. The molecule has 324 valence electrons. The highest BCUT2D eigenvalue weighted by molar-refractivity contribution is 6.22. The lowest BCUT2D eigenvalue weighted by Crippen LogP contribution is -2.14. The SMILES string of the molecule is c1ccc(-c2ccc(N(c3ccc(-c4ccc5c(-c6ccccc6)c(-c6ccccc6)c6ccccc6c5c4)cc3)c3c(-c4ccccc4)cccc3-c3ccccc3)c(-c3ccccc3)c2)cc1. The Morgan fingerprint density at radius 3 is 1.10 bits per heavy atom. The first kappa shape index (κ1) is 41.4. The van der Waals surface area contributed by atoms with Crippen molar-refractivity contribution in [3.05, 3.63) is 285 Å². The number of nitrogens with zero attached hydrogens (tertiary/aromatic N) is 1. The van der Waals surface area contributed by atoms with Crippen LogP contribution in [0.15, 0.2) is 285 Å². The average Bonchev–Trinajstić information content (AvgIpc) is 3.44. The van der Waals surface area contributed by atoms with Gasteiger partial charge in [0.15, 0.2) is 0 Å². The third kappa shape index (κ3) is 7.86. The third-order valence-corrected chi connectivity index (χ3v) is 13.5. The van der Waals surface area contributed by atoms with Crippen molar-refractivity contribution in [1.29, 1.82) is 0 Å². The number of para-hydroxylation sites is 1. The van der Waals surface area contributed by atoms with Gasteiger partial charge in [0.2, 0.25) is 0 Å². The van der Waals surface area contributed by atoms with Crippen LogP contribution in [0.2, 0.25) is 0 Å². The number of fused-ring (bicyclic) bond motifs is 3. The lowest BCUT2D eigenvalue weighted by molar-refractivity contribution is 1.28. The van der Waals surface area contributed by atoms with Crippen LogP contribution in [0.5, 0.6) is 0 Å². The Hall–Kier alpha value is -9.04. The predicted molar refractivity (Wildman–Crippen MR) is 294 cm³/mol. The monoisotopic (exact) mass is 877 g/mol. The van der Waals surface area contributed by atoms with E-state index in [-0.39, 0.29) is 0 Å². The number of rotatable bonds is 10. The van der Waals surface area contributed by atoms with Gasteiger partial charge < -0.3 is 4.90 Å². The van der Waals surface area contributed by atoms with Gasteiger partial charge in [-0.1, -0.05) is 255 Å². The Kier molecular flexibility index (Phi) is 11.0. The molecule has 0 aliphatic rings. The van der Waals surface area contributed by atoms with Crippen LogP contribution < -0.4 is 4.90 Å². The van der Waals surface area contributed by atoms with Crippen molar-refractivity contribution in [3.8, 4) is 77.9 Å². The summed E-state index contributed by atoms with van der Waals surface area (Å²) >= 11 is 0. The van der Waals surface area contributed by atoms with Crippen LogP contribution >= 0.6 is 0 Å². The normalized spacial score (nSPS) is 11.2. The molecule has 0 aromatic heterocycles. The third-order valence-electron chi connectivity index (χ3n) is 13.5. The average molecular weight is 878 g/mol. The van der Waals surface area contributed by atoms with Crippen molar-refractivity contribution in [2.24, 2.45) is 0 Å². The Bertz CT molecular complexity index is 3660. The van der Waals surface area contributed by atoms with Gasteiger partial charge in [-0.05, 0) is 113 Å². The van der Waals surface area contributed by atoms with Crippen molar-refractivity contribution in [3.63, 3.8) is 0 Å². The molecule has 1 nitrogen and oxygen atoms in total. The van der Waals surface area contributed by atoms with Crippen LogP contribution in [0.3, 0.4) is 0 Å². The summed E-state index contributed by atoms with van der Waals surface area (Å²) in [6, 6.07) is 104. The summed E-state index contributed by atoms with van der Waals surface area (Å²) in [6.07, 6.45) is 0. The van der Waals surface area contributed by atoms with E-state index < -0.39 is 0 Å². The van der Waals surface area contributed by atoms with Crippen LogP contribution in [-0.4, -0.2) is 0 Å². The molecule has 1 heteroatoms. The standard InChI is InChI=1S/C68H47N/c1-7-22-48(23-8-1)56-41-45-65(63(46-56)52-28-13-4-14-29-52)69(68-58(50-24-9-2-10-25-50)36-21-37-59(68)51-26-11-3-12-27-51)57-42-38-49(39-43-57)55-40-44-62-64(47-55)60-34-19-20-35-61(60)66(53-30-15-5-16-31-53)67(62)54-32-17-6-18-33-54/h1-47H. The first-order valence-electron chi connectivity index (χ1n) is 23.8. The van der Waals surface area contributed by atoms with Gasteiger partial charge in [-0.3, -0.25) is 0 Å². The van der Waals surface area contributed by atoms with Gasteiger partial charge in [0.25, 0.3) is 0 Å². The summed E-state index contributed by atoms with van der Waals surface area (Å²) in [5, 5.41) is 4.97. The summed E-state index contributed by atoms with van der Waals surface area (Å²) < 4.78 is 0. The van der Waals surface area contributed by atoms with E-state index in [0.29, 0.717) is 0 Å². The van der Waals surface area contributed by atoms with Gasteiger partial charge >= 0.3 is 0 Å². The van der Waals surface area contributed by atoms with Crippen molar-refractivity contribution in [2.75, 3.05) is 4.90 Å². The molecule has 0 saturated heterocycles. The van der Waals surface area contributed by atoms with E-state index in [1.807, 2.05) is 0 Å². The highest BCUT2D eigenvalue weighted by Gasteiger charge is 2.25. The maximum absolute atomic E-state index is 2.50. The molecule has 0 N–H and O–H groups in total. The number of hydrogen-bond donors (Lipinski definition) is 0. The molecule has 0 spiro atoms. The first-order chi connectivity index (χ1) is 34.3. The van der Waals surface area contributed by atoms with Crippen LogP contribution in [0, 0.1) is 0 Å². The zero-order chi connectivity index (χ0) is 45.9. The Labute approximate surface area is 404 Å². The maximum atomic E-state index is 2.50. The summed E-state index contributed by atoms with van der Waals surface area (Å²) in [7, 11) is 0. The molecule has 0 aliphatic heterocycles. The largest absolute Gasteiger partial charge is 0.309 e. The molecule has 0 atom stereocenters. The zero-order valence-electron chi connectivity index (χ0n) is 38.1. The smallest absolute Gasteiger partial charge is 0.0618 e. The maximum Gasteiger partial charge on any atom is 0.0618 e. The summed E-state index contributed by atoms with van der Waals surface area (Å²) in [6.45, 7) is 0. The van der Waals surface area contributed by atoms with E-state index in [0.717, 1.165) is 56.0 Å². The molecule has 12 rings (SSSR count). The first-order valence-corrected chi connectivity index (χ1v) is 23.8. The minimum Gasteiger partial charge on any atom is -0.309 e. The molecule has 0 fully saturated rings. The van der Waals surface area contributed by atoms with E-state index in [1.165, 1.54) is 60.5 Å². The van der Waals surface area contributed by atoms with Crippen molar-refractivity contribution >= 4 is 38.6 Å². The molecule has 0 heterocycles. The van der Waals surface area contributed by atoms with E-state index in [4.69, 9.17) is 0 Å². The molecule has 0 radical (unpaired) electrons. The number of anilines is 3. The molecule has 12 aromatic rings. The van der Waals surface area contributed by atoms with Crippen LogP contribution in [0.1, 0.15) is 0 Å². The molecule has 0 amide bonds. The number of benzene rings is 12. The molecule has 0 unspecified atom stereocenters. The molecule has 69 heavy (non-hydrogen) atoms. The van der Waals surface area contributed by atoms with Crippen LogP contribution in [0.4, 0.5) is 17.1 Å². The lowest BCUT2D eigenvalue weighted by atomic mass is 9.84. The molecule has 12 aromatic carbocycles. The molecule has 0 bridgehead atoms. The fourth-order valence-electron chi connectivity index (χ4n) is 10.2. The van der Waals surface area contributed by atoms with Gasteiger partial charge in [-0.15, -0.1) is 0 Å². The second-order valence-electron chi connectivity index (χ2n) is 17.6. The van der Waals surface area contributed by atoms with E-state index >= 15 is 0 Å². The number of hydrogen-bond acceptors (Lipinski definition) is 1. The fraction of sp³-hybridized carbons (Fsp3) is 0. The minimum absolute atomic E-state index is 1.06. The van der Waals surface area contributed by atoms with Crippen molar-refractivity contribution < 1.29 is 0 Å². The fourth-order valence-corrected chi connectivity index (χ4v) is 10.2. The van der Waals surface area contributed by atoms with Gasteiger partial charge in [-0.25, -0.2) is 0 Å². The van der Waals surface area contributed by atoms with Gasteiger partial charge in [-0.2, -0.15) is 0 Å².